The minimum absolute atomic E-state index is 0.0298. The largest absolute Gasteiger partial charge is 0.351 e. The Morgan fingerprint density at radius 2 is 1.94 bits per heavy atom. The molecule has 1 aliphatic rings. The van der Waals surface area contributed by atoms with Crippen molar-refractivity contribution in [2.45, 2.75) is 70.2 Å². The standard InChI is InChI=1S/C22H29N7OS/c1-16-20(17(2)28(25-16)14-18-9-5-3-6-10-18)13-23-21(30)15-31-22-24-26-27-29(22)19-11-7-4-8-12-19/h3,5-6,9-10,19H,4,7-8,11-15H2,1-2H3,(H,23,30). The van der Waals surface area contributed by atoms with Crippen molar-refractivity contribution in [3.63, 3.8) is 0 Å². The summed E-state index contributed by atoms with van der Waals surface area (Å²) in [5, 5.41) is 20.5. The Hall–Kier alpha value is -2.68. The van der Waals surface area contributed by atoms with Gasteiger partial charge in [0.05, 0.1) is 24.0 Å². The van der Waals surface area contributed by atoms with Gasteiger partial charge in [-0.15, -0.1) is 5.10 Å². The number of rotatable bonds is 8. The monoisotopic (exact) mass is 439 g/mol. The van der Waals surface area contributed by atoms with E-state index in [-0.39, 0.29) is 5.91 Å². The average Bonchev–Trinajstić information content (AvgIpc) is 3.37. The van der Waals surface area contributed by atoms with Crippen LogP contribution in [0.25, 0.3) is 0 Å². The van der Waals surface area contributed by atoms with Gasteiger partial charge in [0.1, 0.15) is 0 Å². The summed E-state index contributed by atoms with van der Waals surface area (Å²) < 4.78 is 3.90. The van der Waals surface area contributed by atoms with Crippen LogP contribution in [-0.2, 0) is 17.9 Å². The van der Waals surface area contributed by atoms with Crippen LogP contribution < -0.4 is 5.32 Å². The molecule has 1 N–H and O–H groups in total. The van der Waals surface area contributed by atoms with Gasteiger partial charge in [-0.3, -0.25) is 9.48 Å². The molecule has 164 valence electrons. The maximum atomic E-state index is 12.5. The second kappa shape index (κ2) is 10.1. The molecule has 8 nitrogen and oxygen atoms in total. The molecule has 1 aromatic carbocycles. The number of tetrazole rings is 1. The summed E-state index contributed by atoms with van der Waals surface area (Å²) in [5.74, 6) is 0.265. The van der Waals surface area contributed by atoms with Gasteiger partial charge in [0.25, 0.3) is 0 Å². The molecule has 0 radical (unpaired) electrons. The van der Waals surface area contributed by atoms with E-state index in [4.69, 9.17) is 0 Å². The van der Waals surface area contributed by atoms with E-state index in [1.165, 1.54) is 36.6 Å². The van der Waals surface area contributed by atoms with Crippen LogP contribution >= 0.6 is 11.8 Å². The van der Waals surface area contributed by atoms with Gasteiger partial charge >= 0.3 is 0 Å². The molecule has 1 amide bonds. The molecular formula is C22H29N7OS. The quantitative estimate of drug-likeness (QED) is 0.541. The number of aryl methyl sites for hydroxylation is 1. The van der Waals surface area contributed by atoms with Crippen molar-refractivity contribution in [2.75, 3.05) is 5.75 Å². The van der Waals surface area contributed by atoms with Gasteiger partial charge in [-0.1, -0.05) is 61.4 Å². The molecule has 0 bridgehead atoms. The predicted octanol–water partition coefficient (Wildman–Crippen LogP) is 3.45. The zero-order valence-corrected chi connectivity index (χ0v) is 18.9. The number of carbonyl (C=O) groups is 1. The lowest BCUT2D eigenvalue weighted by molar-refractivity contribution is -0.118. The number of thioether (sulfide) groups is 1. The molecule has 1 aliphatic carbocycles. The number of nitrogens with zero attached hydrogens (tertiary/aromatic N) is 6. The van der Waals surface area contributed by atoms with Gasteiger partial charge in [-0.05, 0) is 42.7 Å². The second-order valence-corrected chi connectivity index (χ2v) is 9.00. The average molecular weight is 440 g/mol. The van der Waals surface area contributed by atoms with Crippen molar-refractivity contribution in [1.29, 1.82) is 0 Å². The topological polar surface area (TPSA) is 90.5 Å². The maximum absolute atomic E-state index is 12.5. The summed E-state index contributed by atoms with van der Waals surface area (Å²) >= 11 is 1.40. The summed E-state index contributed by atoms with van der Waals surface area (Å²) in [4.78, 5) is 12.5. The number of benzene rings is 1. The Balaban J connectivity index is 1.31. The highest BCUT2D eigenvalue weighted by molar-refractivity contribution is 7.99. The fourth-order valence-electron chi connectivity index (χ4n) is 4.10. The van der Waals surface area contributed by atoms with Gasteiger partial charge in [0.15, 0.2) is 0 Å². The molecule has 2 aromatic heterocycles. The molecule has 0 saturated heterocycles. The summed E-state index contributed by atoms with van der Waals surface area (Å²) in [7, 11) is 0. The Morgan fingerprint density at radius 3 is 2.71 bits per heavy atom. The van der Waals surface area contributed by atoms with Crippen molar-refractivity contribution in [3.05, 3.63) is 52.8 Å². The number of nitrogens with one attached hydrogen (secondary N) is 1. The lowest BCUT2D eigenvalue weighted by Gasteiger charge is -2.21. The molecular weight excluding hydrogens is 410 g/mol. The van der Waals surface area contributed by atoms with Crippen molar-refractivity contribution >= 4 is 17.7 Å². The SMILES string of the molecule is Cc1nn(Cc2ccccc2)c(C)c1CNC(=O)CSc1nnnn1C1CCCCC1. The molecule has 1 saturated carbocycles. The van der Waals surface area contributed by atoms with Crippen LogP contribution in [0, 0.1) is 13.8 Å². The maximum Gasteiger partial charge on any atom is 0.230 e. The molecule has 2 heterocycles. The molecule has 31 heavy (non-hydrogen) atoms. The first-order valence-electron chi connectivity index (χ1n) is 10.9. The first-order chi connectivity index (χ1) is 15.1. The first kappa shape index (κ1) is 21.5. The van der Waals surface area contributed by atoms with Crippen LogP contribution in [0.15, 0.2) is 35.5 Å². The van der Waals surface area contributed by atoms with E-state index in [0.717, 1.165) is 41.5 Å². The van der Waals surface area contributed by atoms with Crippen LogP contribution in [-0.4, -0.2) is 41.6 Å². The Labute approximate surface area is 186 Å². The zero-order valence-electron chi connectivity index (χ0n) is 18.1. The number of amides is 1. The minimum Gasteiger partial charge on any atom is -0.351 e. The van der Waals surface area contributed by atoms with E-state index in [1.807, 2.05) is 34.5 Å². The van der Waals surface area contributed by atoms with Gasteiger partial charge in [-0.2, -0.15) is 5.10 Å². The lowest BCUT2D eigenvalue weighted by Crippen LogP contribution is -2.25. The van der Waals surface area contributed by atoms with E-state index in [1.54, 1.807) is 0 Å². The lowest BCUT2D eigenvalue weighted by atomic mass is 9.96. The smallest absolute Gasteiger partial charge is 0.230 e. The fraction of sp³-hybridized carbons (Fsp3) is 0.500. The minimum atomic E-state index is -0.0298. The predicted molar refractivity (Wildman–Crippen MR) is 120 cm³/mol. The van der Waals surface area contributed by atoms with Gasteiger partial charge in [0.2, 0.25) is 11.1 Å². The second-order valence-electron chi connectivity index (χ2n) is 8.06. The van der Waals surface area contributed by atoms with Gasteiger partial charge in [0, 0.05) is 17.8 Å². The number of hydrogen-bond donors (Lipinski definition) is 1. The van der Waals surface area contributed by atoms with Crippen molar-refractivity contribution in [3.8, 4) is 0 Å². The highest BCUT2D eigenvalue weighted by atomic mass is 32.2. The molecule has 0 spiro atoms. The summed E-state index contributed by atoms with van der Waals surface area (Å²) in [6, 6.07) is 10.6. The van der Waals surface area contributed by atoms with Crippen LogP contribution in [0.1, 0.15) is 60.7 Å². The number of aromatic nitrogens is 6. The molecule has 3 aromatic rings. The van der Waals surface area contributed by atoms with E-state index in [2.05, 4.69) is 45.0 Å². The summed E-state index contributed by atoms with van der Waals surface area (Å²) in [6.45, 7) is 5.24. The number of carbonyl (C=O) groups excluding carboxylic acids is 1. The Kier molecular flexibility index (Phi) is 7.01. The normalized spacial score (nSPS) is 14.6. The highest BCUT2D eigenvalue weighted by Crippen LogP contribution is 2.30. The van der Waals surface area contributed by atoms with Crippen LogP contribution in [0.3, 0.4) is 0 Å². The van der Waals surface area contributed by atoms with E-state index >= 15 is 0 Å². The third kappa shape index (κ3) is 5.33. The van der Waals surface area contributed by atoms with Gasteiger partial charge in [-0.25, -0.2) is 4.68 Å². The third-order valence-corrected chi connectivity index (χ3v) is 6.82. The van der Waals surface area contributed by atoms with Crippen molar-refractivity contribution < 1.29 is 4.79 Å². The van der Waals surface area contributed by atoms with Crippen molar-refractivity contribution in [2.24, 2.45) is 0 Å². The number of hydrogen-bond acceptors (Lipinski definition) is 6. The Bertz CT molecular complexity index is 1010. The van der Waals surface area contributed by atoms with E-state index in [9.17, 15) is 4.79 Å². The Morgan fingerprint density at radius 1 is 1.16 bits per heavy atom. The third-order valence-electron chi connectivity index (χ3n) is 5.88. The van der Waals surface area contributed by atoms with Crippen LogP contribution in [0.4, 0.5) is 0 Å². The molecule has 0 aliphatic heterocycles. The van der Waals surface area contributed by atoms with Crippen LogP contribution in [0.5, 0.6) is 0 Å². The highest BCUT2D eigenvalue weighted by Gasteiger charge is 2.21. The van der Waals surface area contributed by atoms with Gasteiger partial charge < -0.3 is 5.32 Å². The van der Waals surface area contributed by atoms with Crippen LogP contribution in [0.2, 0.25) is 0 Å². The summed E-state index contributed by atoms with van der Waals surface area (Å²) in [6.07, 6.45) is 5.93. The molecule has 0 atom stereocenters. The summed E-state index contributed by atoms with van der Waals surface area (Å²) in [5.41, 5.74) is 4.30. The molecule has 9 heteroatoms. The fourth-order valence-corrected chi connectivity index (χ4v) is 4.88. The first-order valence-corrected chi connectivity index (χ1v) is 11.8. The molecule has 1 fully saturated rings. The van der Waals surface area contributed by atoms with E-state index in [0.29, 0.717) is 18.3 Å². The van der Waals surface area contributed by atoms with E-state index < -0.39 is 0 Å². The van der Waals surface area contributed by atoms with Crippen molar-refractivity contribution in [1.82, 2.24) is 35.3 Å². The zero-order chi connectivity index (χ0) is 21.6. The molecule has 4 rings (SSSR count). The molecule has 0 unspecified atom stereocenters.